The predicted octanol–water partition coefficient (Wildman–Crippen LogP) is 3.24. The van der Waals surface area contributed by atoms with Crippen LogP contribution >= 0.6 is 0 Å². The van der Waals surface area contributed by atoms with Crippen molar-refractivity contribution in [2.24, 2.45) is 0 Å². The van der Waals surface area contributed by atoms with Gasteiger partial charge in [0.2, 0.25) is 0 Å². The first-order valence-corrected chi connectivity index (χ1v) is 6.86. The zero-order chi connectivity index (χ0) is 17.3. The van der Waals surface area contributed by atoms with E-state index >= 15 is 0 Å². The predicted molar refractivity (Wildman–Crippen MR) is 72.9 cm³/mol. The standard InChI is InChI=1S/C16H10F4O4/c17-10-5-9(13(18)15(20)14(10)19)16(21)23-7-8-6-22-11-3-1-2-4-12(11)24-8/h1-5,8H,6-7H2. The minimum absolute atomic E-state index is 0.0684. The van der Waals surface area contributed by atoms with Crippen molar-refractivity contribution in [2.75, 3.05) is 13.2 Å². The molecule has 0 amide bonds. The number of hydrogen-bond acceptors (Lipinski definition) is 4. The summed E-state index contributed by atoms with van der Waals surface area (Å²) in [5.74, 6) is -7.95. The Balaban J connectivity index is 1.67. The Hall–Kier alpha value is -2.77. The fraction of sp³-hybridized carbons (Fsp3) is 0.188. The van der Waals surface area contributed by atoms with E-state index in [1.54, 1.807) is 24.3 Å². The zero-order valence-electron chi connectivity index (χ0n) is 12.0. The van der Waals surface area contributed by atoms with Crippen LogP contribution in [0, 0.1) is 23.3 Å². The number of rotatable bonds is 3. The van der Waals surface area contributed by atoms with E-state index in [2.05, 4.69) is 0 Å². The second-order valence-corrected chi connectivity index (χ2v) is 4.94. The molecule has 0 radical (unpaired) electrons. The minimum Gasteiger partial charge on any atom is -0.486 e. The molecule has 1 aliphatic heterocycles. The van der Waals surface area contributed by atoms with Crippen LogP contribution in [0.25, 0.3) is 0 Å². The first-order chi connectivity index (χ1) is 11.5. The summed E-state index contributed by atoms with van der Waals surface area (Å²) >= 11 is 0. The van der Waals surface area contributed by atoms with Crippen molar-refractivity contribution in [1.82, 2.24) is 0 Å². The number of ether oxygens (including phenoxy) is 3. The van der Waals surface area contributed by atoms with Crippen LogP contribution in [-0.2, 0) is 4.74 Å². The van der Waals surface area contributed by atoms with Gasteiger partial charge in [0.15, 0.2) is 40.9 Å². The monoisotopic (exact) mass is 342 g/mol. The van der Waals surface area contributed by atoms with Gasteiger partial charge in [0.05, 0.1) is 0 Å². The Morgan fingerprint density at radius 1 is 1.08 bits per heavy atom. The van der Waals surface area contributed by atoms with Crippen molar-refractivity contribution >= 4 is 5.97 Å². The molecule has 0 saturated heterocycles. The lowest BCUT2D eigenvalue weighted by Gasteiger charge is -2.26. The summed E-state index contributed by atoms with van der Waals surface area (Å²) in [6.07, 6.45) is -0.679. The number of para-hydroxylation sites is 2. The topological polar surface area (TPSA) is 44.8 Å². The van der Waals surface area contributed by atoms with Crippen molar-refractivity contribution in [2.45, 2.75) is 6.10 Å². The molecular formula is C16H10F4O4. The molecule has 2 aromatic rings. The van der Waals surface area contributed by atoms with Gasteiger partial charge in [-0.15, -0.1) is 0 Å². The molecule has 2 aromatic carbocycles. The fourth-order valence-corrected chi connectivity index (χ4v) is 2.11. The van der Waals surface area contributed by atoms with Gasteiger partial charge in [0, 0.05) is 0 Å². The summed E-state index contributed by atoms with van der Waals surface area (Å²) in [6, 6.07) is 7.05. The van der Waals surface area contributed by atoms with Gasteiger partial charge in [-0.3, -0.25) is 0 Å². The van der Waals surface area contributed by atoms with Gasteiger partial charge in [-0.05, 0) is 18.2 Å². The molecule has 0 aromatic heterocycles. The van der Waals surface area contributed by atoms with Crippen LogP contribution in [0.1, 0.15) is 10.4 Å². The average Bonchev–Trinajstić information content (AvgIpc) is 2.60. The summed E-state index contributed by atoms with van der Waals surface area (Å²) < 4.78 is 68.3. The molecule has 24 heavy (non-hydrogen) atoms. The lowest BCUT2D eigenvalue weighted by Crippen LogP contribution is -2.34. The molecule has 0 spiro atoms. The number of esters is 1. The molecule has 1 unspecified atom stereocenters. The SMILES string of the molecule is O=C(OCC1COc2ccccc2O1)c1cc(F)c(F)c(F)c1F. The summed E-state index contributed by atoms with van der Waals surface area (Å²) in [5.41, 5.74) is -1.04. The van der Waals surface area contributed by atoms with Crippen LogP contribution < -0.4 is 9.47 Å². The van der Waals surface area contributed by atoms with E-state index in [1.807, 2.05) is 0 Å². The number of fused-ring (bicyclic) bond motifs is 1. The van der Waals surface area contributed by atoms with E-state index in [9.17, 15) is 22.4 Å². The minimum atomic E-state index is -2.08. The Labute approximate surface area is 133 Å². The summed E-state index contributed by atoms with van der Waals surface area (Å²) in [7, 11) is 0. The highest BCUT2D eigenvalue weighted by atomic mass is 19.2. The van der Waals surface area contributed by atoms with Crippen LogP contribution in [0.3, 0.4) is 0 Å². The summed E-state index contributed by atoms with van der Waals surface area (Å²) in [5, 5.41) is 0. The van der Waals surface area contributed by atoms with Crippen LogP contribution in [0.2, 0.25) is 0 Å². The molecule has 1 atom stereocenters. The molecule has 1 heterocycles. The fourth-order valence-electron chi connectivity index (χ4n) is 2.11. The van der Waals surface area contributed by atoms with Crippen molar-refractivity contribution in [3.05, 3.63) is 59.2 Å². The van der Waals surface area contributed by atoms with E-state index in [1.165, 1.54) is 0 Å². The summed E-state index contributed by atoms with van der Waals surface area (Å²) in [6.45, 7) is -0.272. The van der Waals surface area contributed by atoms with Gasteiger partial charge < -0.3 is 14.2 Å². The molecule has 8 heteroatoms. The lowest BCUT2D eigenvalue weighted by atomic mass is 10.2. The van der Waals surface area contributed by atoms with Crippen molar-refractivity contribution < 1.29 is 36.6 Å². The first kappa shape index (κ1) is 16.1. The Morgan fingerprint density at radius 2 is 1.79 bits per heavy atom. The first-order valence-electron chi connectivity index (χ1n) is 6.86. The normalized spacial score (nSPS) is 15.9. The van der Waals surface area contributed by atoms with E-state index < -0.39 is 40.9 Å². The molecule has 0 saturated carbocycles. The second kappa shape index (κ2) is 6.38. The highest BCUT2D eigenvalue weighted by molar-refractivity contribution is 5.89. The van der Waals surface area contributed by atoms with E-state index in [0.29, 0.717) is 11.5 Å². The van der Waals surface area contributed by atoms with Gasteiger partial charge in [-0.1, -0.05) is 12.1 Å². The van der Waals surface area contributed by atoms with Crippen molar-refractivity contribution in [3.8, 4) is 11.5 Å². The molecule has 4 nitrogen and oxygen atoms in total. The largest absolute Gasteiger partial charge is 0.486 e. The number of carbonyl (C=O) groups is 1. The van der Waals surface area contributed by atoms with Gasteiger partial charge in [-0.25, -0.2) is 22.4 Å². The Bertz CT molecular complexity index is 794. The Kier molecular flexibility index (Phi) is 4.28. The van der Waals surface area contributed by atoms with Gasteiger partial charge >= 0.3 is 5.97 Å². The van der Waals surface area contributed by atoms with E-state index in [0.717, 1.165) is 0 Å². The highest BCUT2D eigenvalue weighted by Gasteiger charge is 2.26. The van der Waals surface area contributed by atoms with Crippen LogP contribution in [0.4, 0.5) is 17.6 Å². The molecular weight excluding hydrogens is 332 g/mol. The number of benzene rings is 2. The third-order valence-electron chi connectivity index (χ3n) is 3.29. The van der Waals surface area contributed by atoms with Crippen LogP contribution in [0.15, 0.2) is 30.3 Å². The third kappa shape index (κ3) is 2.99. The van der Waals surface area contributed by atoms with Crippen LogP contribution in [0.5, 0.6) is 11.5 Å². The van der Waals surface area contributed by atoms with Gasteiger partial charge in [-0.2, -0.15) is 0 Å². The number of hydrogen-bond donors (Lipinski definition) is 0. The van der Waals surface area contributed by atoms with Gasteiger partial charge in [0.25, 0.3) is 0 Å². The maximum absolute atomic E-state index is 13.5. The van der Waals surface area contributed by atoms with E-state index in [4.69, 9.17) is 14.2 Å². The quantitative estimate of drug-likeness (QED) is 0.372. The van der Waals surface area contributed by atoms with Crippen molar-refractivity contribution in [1.29, 1.82) is 0 Å². The lowest BCUT2D eigenvalue weighted by molar-refractivity contribution is 0.0105. The number of halogens is 4. The van der Waals surface area contributed by atoms with Crippen LogP contribution in [-0.4, -0.2) is 25.3 Å². The summed E-state index contributed by atoms with van der Waals surface area (Å²) in [4.78, 5) is 11.8. The zero-order valence-corrected chi connectivity index (χ0v) is 12.0. The molecule has 0 fully saturated rings. The number of carbonyl (C=O) groups excluding carboxylic acids is 1. The second-order valence-electron chi connectivity index (χ2n) is 4.94. The molecule has 1 aliphatic rings. The molecule has 126 valence electrons. The molecule has 0 bridgehead atoms. The maximum Gasteiger partial charge on any atom is 0.341 e. The average molecular weight is 342 g/mol. The van der Waals surface area contributed by atoms with E-state index in [-0.39, 0.29) is 19.3 Å². The Morgan fingerprint density at radius 3 is 2.54 bits per heavy atom. The molecule has 0 aliphatic carbocycles. The van der Waals surface area contributed by atoms with Gasteiger partial charge in [0.1, 0.15) is 18.8 Å². The van der Waals surface area contributed by atoms with Crippen molar-refractivity contribution in [3.63, 3.8) is 0 Å². The molecule has 0 N–H and O–H groups in total. The smallest absolute Gasteiger partial charge is 0.341 e. The maximum atomic E-state index is 13.5. The molecule has 3 rings (SSSR count). The third-order valence-corrected chi connectivity index (χ3v) is 3.29. The highest BCUT2D eigenvalue weighted by Crippen LogP contribution is 2.31.